The van der Waals surface area contributed by atoms with Crippen LogP contribution in [-0.4, -0.2) is 41.1 Å². The molecule has 2 aliphatic rings. The van der Waals surface area contributed by atoms with Crippen molar-refractivity contribution in [2.75, 3.05) is 13.1 Å². The van der Waals surface area contributed by atoms with E-state index in [9.17, 15) is 31.9 Å². The third kappa shape index (κ3) is 7.97. The van der Waals surface area contributed by atoms with Crippen LogP contribution in [0.15, 0.2) is 85.5 Å². The third-order valence-electron chi connectivity index (χ3n) is 10.1. The van der Waals surface area contributed by atoms with Crippen LogP contribution in [0.5, 0.6) is 0 Å². The molecule has 1 saturated heterocycles. The lowest BCUT2D eigenvalue weighted by molar-refractivity contribution is -0.276. The summed E-state index contributed by atoms with van der Waals surface area (Å²) >= 11 is 0. The van der Waals surface area contributed by atoms with Gasteiger partial charge in [0, 0.05) is 37.2 Å². The number of aliphatic hydroxyl groups excluding tert-OH is 1. The first kappa shape index (κ1) is 37.3. The van der Waals surface area contributed by atoms with Gasteiger partial charge >= 0.3 is 0 Å². The molecule has 0 aromatic heterocycles. The van der Waals surface area contributed by atoms with Crippen LogP contribution in [0.4, 0.5) is 22.0 Å². The van der Waals surface area contributed by atoms with Crippen molar-refractivity contribution in [3.05, 3.63) is 142 Å². The largest absolute Gasteiger partial charge is 0.392 e. The average Bonchev–Trinajstić information content (AvgIpc) is 3.72. The summed E-state index contributed by atoms with van der Waals surface area (Å²) in [5.74, 6) is -12.5. The van der Waals surface area contributed by atoms with Crippen molar-refractivity contribution in [1.82, 2.24) is 10.2 Å². The molecular weight excluding hydrogens is 679 g/mol. The number of benzene rings is 4. The van der Waals surface area contributed by atoms with E-state index >= 15 is 0 Å². The van der Waals surface area contributed by atoms with Gasteiger partial charge in [-0.3, -0.25) is 9.69 Å². The molecule has 1 aliphatic heterocycles. The van der Waals surface area contributed by atoms with Crippen molar-refractivity contribution < 1.29 is 41.3 Å². The Morgan fingerprint density at radius 3 is 2.13 bits per heavy atom. The standard InChI is InChI=1S/C41H41F5N2O4/c1-3-18-48(31-12-4-5-13-31)22-32-24(2)39(27-16-14-25(23-49)15-17-27)52-41(51-32)30-11-7-10-29(20-30)28-9-6-8-26(19-28)21-47-40(50)33-34(42)36(44)38(46)37(45)35(33)43/h3,6-11,14-17,19-20,24,31-32,39,41,49H,1,4-5,12-13,18,21-23H2,2H3,(H,47,50). The lowest BCUT2D eigenvalue weighted by atomic mass is 9.89. The molecule has 274 valence electrons. The van der Waals surface area contributed by atoms with E-state index in [1.807, 2.05) is 60.7 Å². The van der Waals surface area contributed by atoms with E-state index in [-0.39, 0.29) is 31.3 Å². The first-order valence-corrected chi connectivity index (χ1v) is 17.4. The Labute approximate surface area is 299 Å². The van der Waals surface area contributed by atoms with Gasteiger partial charge in [-0.15, -0.1) is 6.58 Å². The second kappa shape index (κ2) is 16.5. The molecule has 4 unspecified atom stereocenters. The maximum absolute atomic E-state index is 14.2. The van der Waals surface area contributed by atoms with Gasteiger partial charge in [0.2, 0.25) is 5.82 Å². The molecule has 1 heterocycles. The Morgan fingerprint density at radius 1 is 0.846 bits per heavy atom. The van der Waals surface area contributed by atoms with Crippen LogP contribution in [0.2, 0.25) is 0 Å². The zero-order valence-corrected chi connectivity index (χ0v) is 28.8. The molecule has 4 aromatic carbocycles. The fourth-order valence-electron chi connectivity index (χ4n) is 7.17. The highest BCUT2D eigenvalue weighted by atomic mass is 19.2. The number of aliphatic hydroxyl groups is 1. The summed E-state index contributed by atoms with van der Waals surface area (Å²) in [6, 6.07) is 22.9. The number of ether oxygens (including phenoxy) is 2. The summed E-state index contributed by atoms with van der Waals surface area (Å²) in [6.07, 6.45) is 5.46. The minimum atomic E-state index is -2.33. The highest BCUT2D eigenvalue weighted by molar-refractivity contribution is 5.94. The minimum Gasteiger partial charge on any atom is -0.392 e. The second-order valence-electron chi connectivity index (χ2n) is 13.5. The predicted molar refractivity (Wildman–Crippen MR) is 186 cm³/mol. The third-order valence-corrected chi connectivity index (χ3v) is 10.1. The van der Waals surface area contributed by atoms with Gasteiger partial charge in [-0.1, -0.05) is 86.5 Å². The van der Waals surface area contributed by atoms with E-state index in [1.165, 1.54) is 12.8 Å². The van der Waals surface area contributed by atoms with Crippen molar-refractivity contribution in [3.63, 3.8) is 0 Å². The van der Waals surface area contributed by atoms with Gasteiger partial charge in [0.1, 0.15) is 5.56 Å². The molecule has 2 N–H and O–H groups in total. The van der Waals surface area contributed by atoms with Gasteiger partial charge in [0.05, 0.1) is 18.8 Å². The molecule has 4 atom stereocenters. The minimum absolute atomic E-state index is 0.00450. The van der Waals surface area contributed by atoms with Gasteiger partial charge in [0.25, 0.3) is 5.91 Å². The first-order valence-electron chi connectivity index (χ1n) is 17.4. The summed E-state index contributed by atoms with van der Waals surface area (Å²) in [5, 5.41) is 11.9. The van der Waals surface area contributed by atoms with E-state index in [0.29, 0.717) is 18.2 Å². The predicted octanol–water partition coefficient (Wildman–Crippen LogP) is 8.69. The Kier molecular flexibility index (Phi) is 11.8. The first-order chi connectivity index (χ1) is 25.1. The lowest BCUT2D eigenvalue weighted by Gasteiger charge is -2.43. The van der Waals surface area contributed by atoms with E-state index < -0.39 is 46.8 Å². The Morgan fingerprint density at radius 2 is 1.48 bits per heavy atom. The highest BCUT2D eigenvalue weighted by Crippen LogP contribution is 2.43. The summed E-state index contributed by atoms with van der Waals surface area (Å²) in [7, 11) is 0. The van der Waals surface area contributed by atoms with Crippen LogP contribution >= 0.6 is 0 Å². The van der Waals surface area contributed by atoms with E-state index in [0.717, 1.165) is 47.2 Å². The zero-order chi connectivity index (χ0) is 36.9. The molecule has 52 heavy (non-hydrogen) atoms. The van der Waals surface area contributed by atoms with E-state index in [1.54, 1.807) is 18.2 Å². The number of nitrogens with one attached hydrogen (secondary N) is 1. The zero-order valence-electron chi connectivity index (χ0n) is 28.8. The fourth-order valence-corrected chi connectivity index (χ4v) is 7.17. The molecular formula is C41H41F5N2O4. The number of nitrogens with zero attached hydrogens (tertiary/aromatic N) is 1. The van der Waals surface area contributed by atoms with Gasteiger partial charge < -0.3 is 19.9 Å². The van der Waals surface area contributed by atoms with Crippen LogP contribution in [0.25, 0.3) is 11.1 Å². The highest BCUT2D eigenvalue weighted by Gasteiger charge is 2.40. The van der Waals surface area contributed by atoms with Crippen molar-refractivity contribution in [3.8, 4) is 11.1 Å². The number of carbonyl (C=O) groups is 1. The molecule has 6 nitrogen and oxygen atoms in total. The smallest absolute Gasteiger partial charge is 0.257 e. The molecule has 0 spiro atoms. The monoisotopic (exact) mass is 720 g/mol. The summed E-state index contributed by atoms with van der Waals surface area (Å²) < 4.78 is 82.7. The molecule has 1 aliphatic carbocycles. The molecule has 4 aromatic rings. The maximum atomic E-state index is 14.2. The van der Waals surface area contributed by atoms with Gasteiger partial charge in [0.15, 0.2) is 29.6 Å². The maximum Gasteiger partial charge on any atom is 0.257 e. The number of rotatable bonds is 12. The molecule has 0 radical (unpaired) electrons. The Balaban J connectivity index is 1.24. The van der Waals surface area contributed by atoms with Crippen molar-refractivity contribution in [2.45, 2.75) is 70.3 Å². The van der Waals surface area contributed by atoms with E-state index in [4.69, 9.17) is 9.47 Å². The summed E-state index contributed by atoms with van der Waals surface area (Å²) in [4.78, 5) is 15.0. The van der Waals surface area contributed by atoms with Crippen LogP contribution in [0, 0.1) is 35.0 Å². The lowest BCUT2D eigenvalue weighted by Crippen LogP contribution is -2.47. The number of hydrogen-bond donors (Lipinski definition) is 2. The molecule has 2 fully saturated rings. The number of halogens is 5. The summed E-state index contributed by atoms with van der Waals surface area (Å²) in [6.45, 7) is 7.31. The normalized spacial score (nSPS) is 20.7. The SMILES string of the molecule is C=CCN(CC1OC(c2cccc(-c3cccc(CNC(=O)c4c(F)c(F)c(F)c(F)c4F)c3)c2)OC(c2ccc(CO)cc2)C1C)C1CCCC1. The Hall–Kier alpha value is -4.42. The fraction of sp³-hybridized carbons (Fsp3) is 0.341. The molecule has 1 saturated carbocycles. The van der Waals surface area contributed by atoms with Crippen molar-refractivity contribution in [1.29, 1.82) is 0 Å². The molecule has 1 amide bonds. The van der Waals surface area contributed by atoms with Crippen LogP contribution < -0.4 is 5.32 Å². The van der Waals surface area contributed by atoms with E-state index in [2.05, 4.69) is 23.7 Å². The second-order valence-corrected chi connectivity index (χ2v) is 13.5. The number of amides is 1. The van der Waals surface area contributed by atoms with Gasteiger partial charge in [-0.2, -0.15) is 0 Å². The van der Waals surface area contributed by atoms with Gasteiger partial charge in [-0.25, -0.2) is 22.0 Å². The molecule has 11 heteroatoms. The van der Waals surface area contributed by atoms with Crippen molar-refractivity contribution >= 4 is 5.91 Å². The van der Waals surface area contributed by atoms with Crippen LogP contribution in [-0.2, 0) is 22.6 Å². The topological polar surface area (TPSA) is 71.0 Å². The number of carbonyl (C=O) groups excluding carboxylic acids is 1. The number of hydrogen-bond acceptors (Lipinski definition) is 5. The Bertz CT molecular complexity index is 1870. The van der Waals surface area contributed by atoms with Crippen molar-refractivity contribution in [2.24, 2.45) is 5.92 Å². The molecule has 0 bridgehead atoms. The van der Waals surface area contributed by atoms with Crippen LogP contribution in [0.1, 0.15) is 77.6 Å². The average molecular weight is 721 g/mol. The molecule has 6 rings (SSSR count). The van der Waals surface area contributed by atoms with Gasteiger partial charge in [-0.05, 0) is 52.8 Å². The quantitative estimate of drug-likeness (QED) is 0.0664. The summed E-state index contributed by atoms with van der Waals surface area (Å²) in [5.41, 5.74) is 3.11. The van der Waals surface area contributed by atoms with Crippen LogP contribution in [0.3, 0.4) is 0 Å².